The molecule has 2 fully saturated rings. The largest absolute Gasteiger partial charge is 0.310 e. The van der Waals surface area contributed by atoms with Crippen LogP contribution in [0.2, 0.25) is 0 Å². The van der Waals surface area contributed by atoms with Crippen molar-refractivity contribution in [3.8, 4) is 22.3 Å². The predicted molar refractivity (Wildman–Crippen MR) is 225 cm³/mol. The second-order valence-electron chi connectivity index (χ2n) is 19.5. The Balaban J connectivity index is 1.23. The SMILES string of the molecule is CC(C)(C)c1ccc2c(C(C)(C)C)cc(N(c3ccc4c(c3)C(C)(C)c3ccccc3-4)c3ccc4c(c3)C3(CC5CCC3C5)c3ccccc3-4)cc2c1. The number of nitrogens with zero attached hydrogens (tertiary/aromatic N) is 1. The van der Waals surface area contributed by atoms with Gasteiger partial charge in [0.1, 0.15) is 0 Å². The molecule has 10 rings (SSSR count). The zero-order chi connectivity index (χ0) is 36.7. The second kappa shape index (κ2) is 11.0. The average molecular weight is 692 g/mol. The maximum Gasteiger partial charge on any atom is 0.0470 e. The lowest BCUT2D eigenvalue weighted by Crippen LogP contribution is -2.32. The minimum atomic E-state index is -0.0815. The number of anilines is 3. The molecule has 4 aliphatic rings. The van der Waals surface area contributed by atoms with E-state index in [0.717, 1.165) is 11.8 Å². The Morgan fingerprint density at radius 3 is 1.81 bits per heavy atom. The maximum absolute atomic E-state index is 2.62. The lowest BCUT2D eigenvalue weighted by molar-refractivity contribution is 0.327. The van der Waals surface area contributed by atoms with Gasteiger partial charge < -0.3 is 4.90 Å². The first-order chi connectivity index (χ1) is 25.2. The Hall–Kier alpha value is -4.62. The Morgan fingerprint density at radius 1 is 0.547 bits per heavy atom. The molecule has 0 amide bonds. The van der Waals surface area contributed by atoms with Gasteiger partial charge in [0.05, 0.1) is 0 Å². The van der Waals surface area contributed by atoms with Crippen LogP contribution >= 0.6 is 0 Å². The summed E-state index contributed by atoms with van der Waals surface area (Å²) in [6.45, 7) is 18.9. The average Bonchev–Trinajstić information content (AvgIpc) is 3.87. The molecule has 0 radical (unpaired) electrons. The molecule has 1 nitrogen and oxygen atoms in total. The van der Waals surface area contributed by atoms with Crippen molar-refractivity contribution in [2.75, 3.05) is 4.90 Å². The van der Waals surface area contributed by atoms with E-state index in [1.165, 1.54) is 98.0 Å². The zero-order valence-corrected chi connectivity index (χ0v) is 32.9. The number of fused-ring (bicyclic) bond motifs is 12. The van der Waals surface area contributed by atoms with Crippen LogP contribution in [0.1, 0.15) is 114 Å². The highest BCUT2D eigenvalue weighted by atomic mass is 15.1. The van der Waals surface area contributed by atoms with Crippen LogP contribution in [0.15, 0.2) is 115 Å². The Morgan fingerprint density at radius 2 is 1.17 bits per heavy atom. The molecule has 4 aliphatic carbocycles. The van der Waals surface area contributed by atoms with Crippen LogP contribution in [0.4, 0.5) is 17.1 Å². The summed E-state index contributed by atoms with van der Waals surface area (Å²) in [5.41, 5.74) is 18.2. The normalized spacial score (nSPS) is 21.9. The molecule has 0 aromatic heterocycles. The van der Waals surface area contributed by atoms with E-state index in [2.05, 4.69) is 176 Å². The fourth-order valence-corrected chi connectivity index (χ4v) is 11.4. The van der Waals surface area contributed by atoms with Crippen LogP contribution < -0.4 is 4.90 Å². The highest BCUT2D eigenvalue weighted by Crippen LogP contribution is 2.66. The molecule has 6 aromatic carbocycles. The first kappa shape index (κ1) is 33.0. The highest BCUT2D eigenvalue weighted by molar-refractivity contribution is 5.95. The minimum Gasteiger partial charge on any atom is -0.310 e. The van der Waals surface area contributed by atoms with E-state index in [1.54, 1.807) is 11.1 Å². The molecule has 1 heteroatoms. The van der Waals surface area contributed by atoms with Crippen molar-refractivity contribution < 1.29 is 0 Å². The number of hydrogen-bond acceptors (Lipinski definition) is 1. The van der Waals surface area contributed by atoms with Crippen LogP contribution in [0.3, 0.4) is 0 Å². The van der Waals surface area contributed by atoms with Crippen molar-refractivity contribution in [3.05, 3.63) is 149 Å². The summed E-state index contributed by atoms with van der Waals surface area (Å²) in [6.07, 6.45) is 5.41. The third kappa shape index (κ3) is 4.68. The summed E-state index contributed by atoms with van der Waals surface area (Å²) in [5, 5.41) is 2.67. The van der Waals surface area contributed by atoms with Gasteiger partial charge in [-0.25, -0.2) is 0 Å². The predicted octanol–water partition coefficient (Wildman–Crippen LogP) is 14.3. The lowest BCUT2D eigenvalue weighted by Gasteiger charge is -2.37. The van der Waals surface area contributed by atoms with Gasteiger partial charge in [-0.2, -0.15) is 0 Å². The molecule has 266 valence electrons. The summed E-state index contributed by atoms with van der Waals surface area (Å²) < 4.78 is 0. The Kier molecular flexibility index (Phi) is 6.83. The number of rotatable bonds is 3. The van der Waals surface area contributed by atoms with Gasteiger partial charge in [0.2, 0.25) is 0 Å². The van der Waals surface area contributed by atoms with E-state index in [1.807, 2.05) is 0 Å². The van der Waals surface area contributed by atoms with E-state index < -0.39 is 0 Å². The van der Waals surface area contributed by atoms with E-state index in [-0.39, 0.29) is 21.7 Å². The fourth-order valence-electron chi connectivity index (χ4n) is 11.4. The van der Waals surface area contributed by atoms with Crippen molar-refractivity contribution in [2.24, 2.45) is 11.8 Å². The summed E-state index contributed by atoms with van der Waals surface area (Å²) >= 11 is 0. The third-order valence-electron chi connectivity index (χ3n) is 14.0. The Bertz CT molecular complexity index is 2480. The van der Waals surface area contributed by atoms with Crippen LogP contribution in [0.5, 0.6) is 0 Å². The molecule has 3 unspecified atom stereocenters. The van der Waals surface area contributed by atoms with Gasteiger partial charge in [-0.3, -0.25) is 0 Å². The van der Waals surface area contributed by atoms with E-state index in [4.69, 9.17) is 0 Å². The topological polar surface area (TPSA) is 3.24 Å². The quantitative estimate of drug-likeness (QED) is 0.179. The Labute approximate surface area is 317 Å². The van der Waals surface area contributed by atoms with E-state index in [9.17, 15) is 0 Å². The molecule has 3 atom stereocenters. The maximum atomic E-state index is 2.62. The third-order valence-corrected chi connectivity index (χ3v) is 14.0. The summed E-state index contributed by atoms with van der Waals surface area (Å²) in [6, 6.07) is 45.4. The van der Waals surface area contributed by atoms with Gasteiger partial charge >= 0.3 is 0 Å². The molecule has 2 saturated carbocycles. The summed E-state index contributed by atoms with van der Waals surface area (Å²) in [7, 11) is 0. The summed E-state index contributed by atoms with van der Waals surface area (Å²) in [5.74, 6) is 1.56. The zero-order valence-electron chi connectivity index (χ0n) is 32.9. The highest BCUT2D eigenvalue weighted by Gasteiger charge is 2.56. The van der Waals surface area contributed by atoms with Crippen molar-refractivity contribution in [1.82, 2.24) is 0 Å². The van der Waals surface area contributed by atoms with Crippen LogP contribution in [0, 0.1) is 11.8 Å². The standard InChI is InChI=1S/C52H53N/c1-49(2,3)34-19-22-39-33(26-34)27-38(30-46(39)50(4,5)6)53(36-20-23-42-40-13-9-11-15-44(40)51(7,8)47(42)28-36)37-21-24-43-41-14-10-12-16-45(41)52(48(43)29-37)31-32-17-18-35(52)25-32/h9-16,19-24,26-30,32,35H,17-18,25,31H2,1-8H3. The van der Waals surface area contributed by atoms with E-state index >= 15 is 0 Å². The smallest absolute Gasteiger partial charge is 0.0470 e. The molecule has 0 aliphatic heterocycles. The van der Waals surface area contributed by atoms with Gasteiger partial charge in [0.15, 0.2) is 0 Å². The molecule has 0 N–H and O–H groups in total. The van der Waals surface area contributed by atoms with Crippen LogP contribution in [0.25, 0.3) is 33.0 Å². The van der Waals surface area contributed by atoms with Gasteiger partial charge in [0.25, 0.3) is 0 Å². The molecular formula is C52H53N. The lowest BCUT2D eigenvalue weighted by atomic mass is 9.67. The van der Waals surface area contributed by atoms with Crippen LogP contribution in [-0.2, 0) is 21.7 Å². The van der Waals surface area contributed by atoms with Gasteiger partial charge in [-0.1, -0.05) is 141 Å². The van der Waals surface area contributed by atoms with Crippen molar-refractivity contribution in [1.29, 1.82) is 0 Å². The summed E-state index contributed by atoms with van der Waals surface area (Å²) in [4.78, 5) is 2.60. The van der Waals surface area contributed by atoms with Crippen molar-refractivity contribution in [3.63, 3.8) is 0 Å². The molecular weight excluding hydrogens is 639 g/mol. The van der Waals surface area contributed by atoms with Crippen molar-refractivity contribution in [2.45, 2.75) is 103 Å². The molecule has 53 heavy (non-hydrogen) atoms. The molecule has 1 spiro atoms. The first-order valence-electron chi connectivity index (χ1n) is 20.1. The van der Waals surface area contributed by atoms with Gasteiger partial charge in [0, 0.05) is 27.9 Å². The number of benzene rings is 6. The van der Waals surface area contributed by atoms with Crippen LogP contribution in [-0.4, -0.2) is 0 Å². The fraction of sp³-hybridized carbons (Fsp3) is 0.346. The monoisotopic (exact) mass is 691 g/mol. The molecule has 2 bridgehead atoms. The molecule has 0 heterocycles. The minimum absolute atomic E-state index is 0.0303. The molecule has 0 saturated heterocycles. The first-order valence-corrected chi connectivity index (χ1v) is 20.1. The van der Waals surface area contributed by atoms with E-state index in [0.29, 0.717) is 0 Å². The number of hydrogen-bond donors (Lipinski definition) is 0. The second-order valence-corrected chi connectivity index (χ2v) is 19.5. The van der Waals surface area contributed by atoms with Crippen molar-refractivity contribution >= 4 is 27.8 Å². The van der Waals surface area contributed by atoms with Gasteiger partial charge in [-0.05, 0) is 145 Å². The van der Waals surface area contributed by atoms with Gasteiger partial charge in [-0.15, -0.1) is 0 Å². The molecule has 6 aromatic rings.